The molecule has 0 spiro atoms. The molecule has 128 valence electrons. The van der Waals surface area contributed by atoms with Crippen LogP contribution in [0.1, 0.15) is 20.7 Å². The van der Waals surface area contributed by atoms with E-state index in [-0.39, 0.29) is 11.8 Å². The molecule has 0 bridgehead atoms. The third kappa shape index (κ3) is 3.37. The first-order chi connectivity index (χ1) is 12.7. The van der Waals surface area contributed by atoms with Gasteiger partial charge in [-0.2, -0.15) is 11.3 Å². The van der Waals surface area contributed by atoms with E-state index < -0.39 is 0 Å². The Kier molecular flexibility index (Phi) is 4.51. The van der Waals surface area contributed by atoms with E-state index in [1.165, 1.54) is 16.0 Å². The number of nitrogens with one attached hydrogen (secondary N) is 2. The Hall–Kier alpha value is -2.96. The summed E-state index contributed by atoms with van der Waals surface area (Å²) in [5.41, 5.74) is 2.20. The number of anilines is 2. The van der Waals surface area contributed by atoms with Gasteiger partial charge in [0, 0.05) is 15.8 Å². The average molecular weight is 378 g/mol. The minimum Gasteiger partial charge on any atom is -0.322 e. The summed E-state index contributed by atoms with van der Waals surface area (Å²) >= 11 is 3.11. The molecule has 0 unspecified atom stereocenters. The van der Waals surface area contributed by atoms with Crippen molar-refractivity contribution in [2.24, 2.45) is 0 Å². The number of para-hydroxylation sites is 1. The van der Waals surface area contributed by atoms with Crippen molar-refractivity contribution in [2.45, 2.75) is 0 Å². The monoisotopic (exact) mass is 378 g/mol. The lowest BCUT2D eigenvalue weighted by atomic mass is 10.1. The highest BCUT2D eigenvalue weighted by atomic mass is 32.1. The summed E-state index contributed by atoms with van der Waals surface area (Å²) < 4.78 is 1.17. The lowest BCUT2D eigenvalue weighted by Crippen LogP contribution is -2.17. The molecule has 2 N–H and O–H groups in total. The van der Waals surface area contributed by atoms with Gasteiger partial charge in [-0.3, -0.25) is 9.59 Å². The van der Waals surface area contributed by atoms with Gasteiger partial charge in [0.25, 0.3) is 11.8 Å². The Morgan fingerprint density at radius 1 is 0.846 bits per heavy atom. The molecule has 4 rings (SSSR count). The van der Waals surface area contributed by atoms with Crippen LogP contribution in [0.2, 0.25) is 0 Å². The van der Waals surface area contributed by atoms with Crippen molar-refractivity contribution in [1.82, 2.24) is 0 Å². The molecule has 0 saturated heterocycles. The quantitative estimate of drug-likeness (QED) is 0.495. The van der Waals surface area contributed by atoms with Crippen LogP contribution in [-0.2, 0) is 0 Å². The van der Waals surface area contributed by atoms with E-state index in [2.05, 4.69) is 10.6 Å². The van der Waals surface area contributed by atoms with Gasteiger partial charge < -0.3 is 10.6 Å². The van der Waals surface area contributed by atoms with Gasteiger partial charge in [-0.05, 0) is 58.6 Å². The predicted molar refractivity (Wildman–Crippen MR) is 108 cm³/mol. The summed E-state index contributed by atoms with van der Waals surface area (Å²) in [7, 11) is 0. The zero-order valence-corrected chi connectivity index (χ0v) is 15.2. The molecule has 2 amide bonds. The molecule has 0 fully saturated rings. The van der Waals surface area contributed by atoms with Crippen molar-refractivity contribution < 1.29 is 9.59 Å². The molecule has 2 aromatic carbocycles. The third-order valence-corrected chi connectivity index (χ3v) is 5.49. The zero-order valence-electron chi connectivity index (χ0n) is 13.6. The van der Waals surface area contributed by atoms with Gasteiger partial charge in [0.1, 0.15) is 0 Å². The smallest absolute Gasteiger partial charge is 0.257 e. The molecule has 2 aromatic heterocycles. The van der Waals surface area contributed by atoms with Gasteiger partial charge in [-0.15, -0.1) is 11.3 Å². The molecule has 4 nitrogen and oxygen atoms in total. The molecule has 26 heavy (non-hydrogen) atoms. The number of rotatable bonds is 4. The second kappa shape index (κ2) is 7.11. The van der Waals surface area contributed by atoms with E-state index >= 15 is 0 Å². The van der Waals surface area contributed by atoms with Crippen LogP contribution in [0.3, 0.4) is 0 Å². The molecule has 0 radical (unpaired) electrons. The van der Waals surface area contributed by atoms with E-state index in [1.807, 2.05) is 35.0 Å². The SMILES string of the molecule is O=C(Nc1ccccc1C(=O)Nc1ccc2sccc2c1)c1ccsc1. The Labute approximate surface area is 158 Å². The summed E-state index contributed by atoms with van der Waals surface area (Å²) in [5, 5.41) is 12.4. The number of thiophene rings is 2. The van der Waals surface area contributed by atoms with Crippen molar-refractivity contribution in [3.05, 3.63) is 81.9 Å². The van der Waals surface area contributed by atoms with Crippen molar-refractivity contribution in [2.75, 3.05) is 10.6 Å². The Bertz CT molecular complexity index is 1080. The molecule has 4 aromatic rings. The van der Waals surface area contributed by atoms with Gasteiger partial charge in [0.15, 0.2) is 0 Å². The average Bonchev–Trinajstić information content (AvgIpc) is 3.33. The minimum atomic E-state index is -0.263. The van der Waals surface area contributed by atoms with E-state index in [4.69, 9.17) is 0 Å². The Balaban J connectivity index is 1.56. The van der Waals surface area contributed by atoms with Gasteiger partial charge in [-0.1, -0.05) is 12.1 Å². The maximum Gasteiger partial charge on any atom is 0.257 e. The van der Waals surface area contributed by atoms with Gasteiger partial charge in [0.2, 0.25) is 0 Å². The lowest BCUT2D eigenvalue weighted by Gasteiger charge is -2.11. The first-order valence-corrected chi connectivity index (χ1v) is 9.74. The Morgan fingerprint density at radius 2 is 1.73 bits per heavy atom. The molecule has 0 aliphatic rings. The lowest BCUT2D eigenvalue weighted by molar-refractivity contribution is 0.102. The summed E-state index contributed by atoms with van der Waals surface area (Å²) in [6.45, 7) is 0. The summed E-state index contributed by atoms with van der Waals surface area (Å²) in [4.78, 5) is 25.0. The van der Waals surface area contributed by atoms with E-state index in [1.54, 1.807) is 47.0 Å². The molecule has 0 atom stereocenters. The summed E-state index contributed by atoms with van der Waals surface area (Å²) in [6.07, 6.45) is 0. The van der Waals surface area contributed by atoms with Gasteiger partial charge in [0.05, 0.1) is 16.8 Å². The van der Waals surface area contributed by atoms with Gasteiger partial charge in [-0.25, -0.2) is 0 Å². The highest BCUT2D eigenvalue weighted by Gasteiger charge is 2.14. The normalized spacial score (nSPS) is 10.6. The van der Waals surface area contributed by atoms with Crippen molar-refractivity contribution in [3.8, 4) is 0 Å². The second-order valence-corrected chi connectivity index (χ2v) is 7.37. The molecule has 0 aliphatic carbocycles. The van der Waals surface area contributed by atoms with Crippen LogP contribution in [-0.4, -0.2) is 11.8 Å². The van der Waals surface area contributed by atoms with Gasteiger partial charge >= 0.3 is 0 Å². The van der Waals surface area contributed by atoms with Crippen molar-refractivity contribution in [1.29, 1.82) is 0 Å². The maximum absolute atomic E-state index is 12.7. The predicted octanol–water partition coefficient (Wildman–Crippen LogP) is 5.47. The fraction of sp³-hybridized carbons (Fsp3) is 0. The first kappa shape index (κ1) is 16.5. The van der Waals surface area contributed by atoms with E-state index in [0.29, 0.717) is 16.8 Å². The standard InChI is InChI=1S/C20H14N2O2S2/c23-19(14-7-9-25-12-14)22-17-4-2-1-3-16(17)20(24)21-15-5-6-18-13(11-15)8-10-26-18/h1-12H,(H,21,24)(H,22,23). The molecule has 0 saturated carbocycles. The minimum absolute atomic E-state index is 0.230. The van der Waals surface area contributed by atoms with Crippen molar-refractivity contribution >= 4 is 55.9 Å². The number of carbonyl (C=O) groups is 2. The molecular weight excluding hydrogens is 364 g/mol. The fourth-order valence-corrected chi connectivity index (χ4v) is 4.03. The van der Waals surface area contributed by atoms with Crippen LogP contribution in [0.5, 0.6) is 0 Å². The molecule has 0 aliphatic heterocycles. The van der Waals surface area contributed by atoms with Crippen LogP contribution >= 0.6 is 22.7 Å². The van der Waals surface area contributed by atoms with E-state index in [0.717, 1.165) is 11.1 Å². The van der Waals surface area contributed by atoms with Crippen LogP contribution in [0.4, 0.5) is 11.4 Å². The number of carbonyl (C=O) groups excluding carboxylic acids is 2. The van der Waals surface area contributed by atoms with Crippen LogP contribution in [0.15, 0.2) is 70.7 Å². The fourth-order valence-electron chi connectivity index (χ4n) is 2.62. The van der Waals surface area contributed by atoms with Crippen LogP contribution in [0.25, 0.3) is 10.1 Å². The highest BCUT2D eigenvalue weighted by Crippen LogP contribution is 2.25. The van der Waals surface area contributed by atoms with Crippen molar-refractivity contribution in [3.63, 3.8) is 0 Å². The first-order valence-electron chi connectivity index (χ1n) is 7.92. The van der Waals surface area contributed by atoms with Crippen LogP contribution < -0.4 is 10.6 Å². The second-order valence-electron chi connectivity index (χ2n) is 5.64. The number of benzene rings is 2. The largest absolute Gasteiger partial charge is 0.322 e. The summed E-state index contributed by atoms with van der Waals surface area (Å²) in [6, 6.07) is 16.6. The zero-order chi connectivity index (χ0) is 17.9. The summed E-state index contributed by atoms with van der Waals surface area (Å²) in [5.74, 6) is -0.494. The maximum atomic E-state index is 12.7. The number of hydrogen-bond acceptors (Lipinski definition) is 4. The number of fused-ring (bicyclic) bond motifs is 1. The topological polar surface area (TPSA) is 58.2 Å². The number of hydrogen-bond donors (Lipinski definition) is 2. The van der Waals surface area contributed by atoms with E-state index in [9.17, 15) is 9.59 Å². The molecular formula is C20H14N2O2S2. The molecule has 6 heteroatoms. The third-order valence-electron chi connectivity index (χ3n) is 3.91. The van der Waals surface area contributed by atoms with Crippen LogP contribution in [0, 0.1) is 0 Å². The number of amides is 2. The molecule has 2 heterocycles. The Morgan fingerprint density at radius 3 is 2.58 bits per heavy atom. The highest BCUT2D eigenvalue weighted by molar-refractivity contribution is 7.17.